The van der Waals surface area contributed by atoms with Crippen molar-refractivity contribution in [1.82, 2.24) is 0 Å². The van der Waals surface area contributed by atoms with Crippen LogP contribution >= 0.6 is 0 Å². The topological polar surface area (TPSA) is 38.7 Å². The highest BCUT2D eigenvalue weighted by Crippen LogP contribution is 2.38. The quantitative estimate of drug-likeness (QED) is 0.858. The zero-order valence-corrected chi connectivity index (χ0v) is 12.1. The second kappa shape index (κ2) is 5.93. The molecule has 0 amide bonds. The Labute approximate surface area is 115 Å². The van der Waals surface area contributed by atoms with Gasteiger partial charge < -0.3 is 14.6 Å². The standard InChI is InChI=1S/C16H24O3/c1-4-12-7-13(5-6-15(12)18-3)14(9-17)8-16(2)10-19-11-16/h5-7,14,17H,4,8-11H2,1-3H3. The molecule has 0 aliphatic carbocycles. The summed E-state index contributed by atoms with van der Waals surface area (Å²) in [5.74, 6) is 1.12. The van der Waals surface area contributed by atoms with Gasteiger partial charge in [-0.1, -0.05) is 26.0 Å². The summed E-state index contributed by atoms with van der Waals surface area (Å²) >= 11 is 0. The first-order chi connectivity index (χ1) is 9.11. The van der Waals surface area contributed by atoms with Gasteiger partial charge in [-0.25, -0.2) is 0 Å². The van der Waals surface area contributed by atoms with Crippen molar-refractivity contribution in [2.75, 3.05) is 26.9 Å². The highest BCUT2D eigenvalue weighted by Gasteiger charge is 2.36. The Morgan fingerprint density at radius 1 is 1.42 bits per heavy atom. The molecule has 1 aliphatic heterocycles. The maximum absolute atomic E-state index is 9.68. The Morgan fingerprint density at radius 2 is 2.16 bits per heavy atom. The molecule has 1 aromatic carbocycles. The Balaban J connectivity index is 2.18. The van der Waals surface area contributed by atoms with E-state index in [0.29, 0.717) is 0 Å². The Kier molecular flexibility index (Phi) is 4.48. The summed E-state index contributed by atoms with van der Waals surface area (Å²) in [6.07, 6.45) is 1.91. The van der Waals surface area contributed by atoms with Gasteiger partial charge in [0.1, 0.15) is 5.75 Å². The zero-order valence-electron chi connectivity index (χ0n) is 12.1. The van der Waals surface area contributed by atoms with Gasteiger partial charge in [0.25, 0.3) is 0 Å². The molecule has 0 spiro atoms. The Morgan fingerprint density at radius 3 is 2.63 bits per heavy atom. The van der Waals surface area contributed by atoms with Crippen LogP contribution in [0.15, 0.2) is 18.2 Å². The summed E-state index contributed by atoms with van der Waals surface area (Å²) < 4.78 is 10.7. The normalized spacial score (nSPS) is 18.7. The monoisotopic (exact) mass is 264 g/mol. The molecule has 2 rings (SSSR count). The van der Waals surface area contributed by atoms with Crippen molar-refractivity contribution >= 4 is 0 Å². The smallest absolute Gasteiger partial charge is 0.122 e. The lowest BCUT2D eigenvalue weighted by Gasteiger charge is -2.40. The van der Waals surface area contributed by atoms with Crippen LogP contribution in [0.1, 0.15) is 37.3 Å². The van der Waals surface area contributed by atoms with Crippen LogP contribution in [0.5, 0.6) is 5.75 Å². The largest absolute Gasteiger partial charge is 0.496 e. The van der Waals surface area contributed by atoms with E-state index in [4.69, 9.17) is 9.47 Å². The molecule has 3 nitrogen and oxygen atoms in total. The average molecular weight is 264 g/mol. The van der Waals surface area contributed by atoms with Gasteiger partial charge in [0.15, 0.2) is 0 Å². The number of hydrogen-bond acceptors (Lipinski definition) is 3. The number of ether oxygens (including phenoxy) is 2. The Hall–Kier alpha value is -1.06. The fourth-order valence-corrected chi connectivity index (χ4v) is 2.78. The summed E-state index contributed by atoms with van der Waals surface area (Å²) in [5.41, 5.74) is 2.63. The fraction of sp³-hybridized carbons (Fsp3) is 0.625. The number of aryl methyl sites for hydroxylation is 1. The van der Waals surface area contributed by atoms with Gasteiger partial charge >= 0.3 is 0 Å². The first-order valence-corrected chi connectivity index (χ1v) is 6.97. The van der Waals surface area contributed by atoms with Gasteiger partial charge in [-0.15, -0.1) is 0 Å². The number of methoxy groups -OCH3 is 1. The number of aliphatic hydroxyl groups excluding tert-OH is 1. The lowest BCUT2D eigenvalue weighted by molar-refractivity contribution is -0.110. The number of hydrogen-bond donors (Lipinski definition) is 1. The molecule has 1 fully saturated rings. The van der Waals surface area contributed by atoms with E-state index in [-0.39, 0.29) is 17.9 Å². The van der Waals surface area contributed by atoms with Crippen LogP contribution in [-0.2, 0) is 11.2 Å². The van der Waals surface area contributed by atoms with Gasteiger partial charge in [-0.05, 0) is 30.0 Å². The minimum atomic E-state index is 0.185. The van der Waals surface area contributed by atoms with E-state index in [0.717, 1.165) is 31.8 Å². The van der Waals surface area contributed by atoms with E-state index in [9.17, 15) is 5.11 Å². The molecule has 0 saturated carbocycles. The molecule has 106 valence electrons. The summed E-state index contributed by atoms with van der Waals surface area (Å²) in [6.45, 7) is 6.14. The van der Waals surface area contributed by atoms with E-state index in [1.165, 1.54) is 11.1 Å². The van der Waals surface area contributed by atoms with Gasteiger partial charge in [0, 0.05) is 17.9 Å². The highest BCUT2D eigenvalue weighted by molar-refractivity contribution is 5.38. The van der Waals surface area contributed by atoms with Crippen LogP contribution in [0.4, 0.5) is 0 Å². The van der Waals surface area contributed by atoms with Crippen molar-refractivity contribution in [2.24, 2.45) is 5.41 Å². The van der Waals surface area contributed by atoms with Crippen molar-refractivity contribution in [3.8, 4) is 5.75 Å². The van der Waals surface area contributed by atoms with Crippen LogP contribution in [0.3, 0.4) is 0 Å². The van der Waals surface area contributed by atoms with Crippen LogP contribution in [-0.4, -0.2) is 32.0 Å². The zero-order chi connectivity index (χ0) is 13.9. The van der Waals surface area contributed by atoms with Gasteiger partial charge in [0.05, 0.1) is 20.3 Å². The SMILES string of the molecule is CCc1cc(C(CO)CC2(C)COC2)ccc1OC. The van der Waals surface area contributed by atoms with Crippen molar-refractivity contribution in [3.05, 3.63) is 29.3 Å². The second-order valence-electron chi connectivity index (χ2n) is 5.81. The lowest BCUT2D eigenvalue weighted by atomic mass is 9.77. The van der Waals surface area contributed by atoms with Crippen molar-refractivity contribution in [3.63, 3.8) is 0 Å². The molecule has 1 aromatic rings. The molecule has 1 atom stereocenters. The molecule has 19 heavy (non-hydrogen) atoms. The summed E-state index contributed by atoms with van der Waals surface area (Å²) in [5, 5.41) is 9.68. The lowest BCUT2D eigenvalue weighted by Crippen LogP contribution is -2.41. The van der Waals surface area contributed by atoms with E-state index < -0.39 is 0 Å². The number of benzene rings is 1. The first kappa shape index (κ1) is 14.4. The first-order valence-electron chi connectivity index (χ1n) is 6.97. The van der Waals surface area contributed by atoms with Crippen molar-refractivity contribution < 1.29 is 14.6 Å². The molecule has 1 unspecified atom stereocenters. The summed E-state index contributed by atoms with van der Waals surface area (Å²) in [7, 11) is 1.70. The van der Waals surface area contributed by atoms with Gasteiger partial charge in [0.2, 0.25) is 0 Å². The molecule has 1 aliphatic rings. The van der Waals surface area contributed by atoms with Crippen molar-refractivity contribution in [2.45, 2.75) is 32.6 Å². The molecular formula is C16H24O3. The molecular weight excluding hydrogens is 240 g/mol. The van der Waals surface area contributed by atoms with Crippen LogP contribution in [0.2, 0.25) is 0 Å². The van der Waals surface area contributed by atoms with Gasteiger partial charge in [-0.3, -0.25) is 0 Å². The van der Waals surface area contributed by atoms with Crippen LogP contribution < -0.4 is 4.74 Å². The van der Waals surface area contributed by atoms with Crippen molar-refractivity contribution in [1.29, 1.82) is 0 Å². The number of rotatable bonds is 6. The molecule has 0 bridgehead atoms. The van der Waals surface area contributed by atoms with E-state index >= 15 is 0 Å². The van der Waals surface area contributed by atoms with Crippen LogP contribution in [0.25, 0.3) is 0 Å². The summed E-state index contributed by atoms with van der Waals surface area (Å²) in [6, 6.07) is 6.25. The highest BCUT2D eigenvalue weighted by atomic mass is 16.5. The molecule has 3 heteroatoms. The number of aliphatic hydroxyl groups is 1. The van der Waals surface area contributed by atoms with Gasteiger partial charge in [-0.2, -0.15) is 0 Å². The van der Waals surface area contributed by atoms with E-state index in [1.807, 2.05) is 6.07 Å². The molecule has 0 radical (unpaired) electrons. The molecule has 1 heterocycles. The Bertz CT molecular complexity index is 424. The molecule has 0 aromatic heterocycles. The molecule has 1 saturated heterocycles. The maximum Gasteiger partial charge on any atom is 0.122 e. The minimum absolute atomic E-state index is 0.185. The summed E-state index contributed by atoms with van der Waals surface area (Å²) in [4.78, 5) is 0. The predicted octanol–water partition coefficient (Wildman–Crippen LogP) is 2.76. The minimum Gasteiger partial charge on any atom is -0.496 e. The maximum atomic E-state index is 9.68. The molecule has 1 N–H and O–H groups in total. The second-order valence-corrected chi connectivity index (χ2v) is 5.81. The third-order valence-electron chi connectivity index (χ3n) is 4.02. The predicted molar refractivity (Wildman–Crippen MR) is 75.7 cm³/mol. The van der Waals surface area contributed by atoms with E-state index in [1.54, 1.807) is 7.11 Å². The fourth-order valence-electron chi connectivity index (χ4n) is 2.78. The third kappa shape index (κ3) is 3.10. The van der Waals surface area contributed by atoms with Crippen LogP contribution in [0, 0.1) is 5.41 Å². The average Bonchev–Trinajstić information content (AvgIpc) is 2.42. The van der Waals surface area contributed by atoms with E-state index in [2.05, 4.69) is 26.0 Å². The third-order valence-corrected chi connectivity index (χ3v) is 4.02.